The molecule has 0 bridgehead atoms. The predicted octanol–water partition coefficient (Wildman–Crippen LogP) is 5.37. The summed E-state index contributed by atoms with van der Waals surface area (Å²) in [4.78, 5) is 2.69. The Morgan fingerprint density at radius 3 is 2.20 bits per heavy atom. The monoisotopic (exact) mass is 382 g/mol. The van der Waals surface area contributed by atoms with E-state index in [0.717, 1.165) is 32.1 Å². The molecule has 0 spiro atoms. The zero-order valence-electron chi connectivity index (χ0n) is 15.6. The summed E-state index contributed by atoms with van der Waals surface area (Å²) in [5.41, 5.74) is 2.90. The SMILES string of the molecule is Cc1ccc([C@@H](CCC(C)C)N2CCNCC2)c2ccccc12.Cl.Cl. The standard InChI is InChI=1S/C21H30N2.2ClH/c1-16(2)8-11-21(23-14-12-22-13-15-23)20-10-9-17(3)18-6-4-5-7-19(18)20;;/h4-7,9-10,16,21-22H,8,11-15H2,1-3H3;2*1H/t21-;;/m1../s1. The van der Waals surface area contributed by atoms with Gasteiger partial charge in [-0.3, -0.25) is 4.90 Å². The molecule has 0 unspecified atom stereocenters. The van der Waals surface area contributed by atoms with Crippen molar-refractivity contribution < 1.29 is 0 Å². The average molecular weight is 383 g/mol. The lowest BCUT2D eigenvalue weighted by molar-refractivity contribution is 0.161. The van der Waals surface area contributed by atoms with Crippen molar-refractivity contribution in [2.24, 2.45) is 5.92 Å². The lowest BCUT2D eigenvalue weighted by Crippen LogP contribution is -2.45. The second-order valence-corrected chi connectivity index (χ2v) is 7.29. The summed E-state index contributed by atoms with van der Waals surface area (Å²) >= 11 is 0. The fourth-order valence-electron chi connectivity index (χ4n) is 3.78. The van der Waals surface area contributed by atoms with Gasteiger partial charge < -0.3 is 5.32 Å². The molecule has 1 aliphatic rings. The molecule has 1 atom stereocenters. The Kier molecular flexibility index (Phi) is 9.23. The molecule has 0 saturated carbocycles. The molecule has 2 nitrogen and oxygen atoms in total. The van der Waals surface area contributed by atoms with E-state index in [2.05, 4.69) is 67.4 Å². The Bertz CT molecular complexity index is 651. The molecule has 1 heterocycles. The Morgan fingerprint density at radius 2 is 1.56 bits per heavy atom. The Labute approximate surface area is 165 Å². The fourth-order valence-corrected chi connectivity index (χ4v) is 3.78. The minimum Gasteiger partial charge on any atom is -0.314 e. The number of nitrogens with zero attached hydrogens (tertiary/aromatic N) is 1. The average Bonchev–Trinajstić information content (AvgIpc) is 2.58. The normalized spacial score (nSPS) is 16.3. The van der Waals surface area contributed by atoms with Crippen LogP contribution >= 0.6 is 24.8 Å². The lowest BCUT2D eigenvalue weighted by Gasteiger charge is -2.36. The maximum atomic E-state index is 3.49. The van der Waals surface area contributed by atoms with E-state index in [1.807, 2.05) is 0 Å². The molecule has 0 aromatic heterocycles. The minimum absolute atomic E-state index is 0. The first kappa shape index (κ1) is 22.2. The second-order valence-electron chi connectivity index (χ2n) is 7.29. The highest BCUT2D eigenvalue weighted by Crippen LogP contribution is 2.34. The smallest absolute Gasteiger partial charge is 0.0355 e. The van der Waals surface area contributed by atoms with Crippen molar-refractivity contribution >= 4 is 35.6 Å². The van der Waals surface area contributed by atoms with E-state index < -0.39 is 0 Å². The molecule has 0 amide bonds. The van der Waals surface area contributed by atoms with Gasteiger partial charge >= 0.3 is 0 Å². The van der Waals surface area contributed by atoms with Crippen LogP contribution in [0.2, 0.25) is 0 Å². The maximum Gasteiger partial charge on any atom is 0.0355 e. The molecule has 1 aliphatic heterocycles. The van der Waals surface area contributed by atoms with E-state index >= 15 is 0 Å². The summed E-state index contributed by atoms with van der Waals surface area (Å²) in [6.07, 6.45) is 2.54. The molecule has 1 saturated heterocycles. The van der Waals surface area contributed by atoms with Crippen LogP contribution in [0.1, 0.15) is 43.9 Å². The zero-order chi connectivity index (χ0) is 16.2. The van der Waals surface area contributed by atoms with E-state index in [1.54, 1.807) is 0 Å². The van der Waals surface area contributed by atoms with Crippen LogP contribution in [-0.2, 0) is 0 Å². The van der Waals surface area contributed by atoms with Gasteiger partial charge in [0.15, 0.2) is 0 Å². The quantitative estimate of drug-likeness (QED) is 0.746. The van der Waals surface area contributed by atoms with Crippen LogP contribution in [0, 0.1) is 12.8 Å². The van der Waals surface area contributed by atoms with Crippen molar-refractivity contribution in [3.63, 3.8) is 0 Å². The number of rotatable bonds is 5. The highest BCUT2D eigenvalue weighted by molar-refractivity contribution is 5.89. The number of fused-ring (bicyclic) bond motifs is 1. The van der Waals surface area contributed by atoms with E-state index in [0.29, 0.717) is 6.04 Å². The van der Waals surface area contributed by atoms with Crippen LogP contribution in [0.5, 0.6) is 0 Å². The van der Waals surface area contributed by atoms with Crippen molar-refractivity contribution in [2.75, 3.05) is 26.2 Å². The summed E-state index contributed by atoms with van der Waals surface area (Å²) in [5.74, 6) is 0.761. The van der Waals surface area contributed by atoms with Crippen LogP contribution in [0.15, 0.2) is 36.4 Å². The van der Waals surface area contributed by atoms with Gasteiger partial charge in [0.05, 0.1) is 0 Å². The topological polar surface area (TPSA) is 15.3 Å². The molecule has 1 fully saturated rings. The number of hydrogen-bond acceptors (Lipinski definition) is 2. The highest BCUT2D eigenvalue weighted by Gasteiger charge is 2.23. The van der Waals surface area contributed by atoms with Crippen LogP contribution in [0.3, 0.4) is 0 Å². The van der Waals surface area contributed by atoms with Gasteiger partial charge in [-0.25, -0.2) is 0 Å². The van der Waals surface area contributed by atoms with Crippen LogP contribution in [-0.4, -0.2) is 31.1 Å². The Morgan fingerprint density at radius 1 is 0.920 bits per heavy atom. The van der Waals surface area contributed by atoms with Crippen LogP contribution < -0.4 is 5.32 Å². The summed E-state index contributed by atoms with van der Waals surface area (Å²) in [6.45, 7) is 11.4. The Balaban J connectivity index is 0.00000156. The molecular formula is C21H32Cl2N2. The summed E-state index contributed by atoms with van der Waals surface area (Å²) in [6, 6.07) is 14.2. The molecule has 140 valence electrons. The highest BCUT2D eigenvalue weighted by atomic mass is 35.5. The van der Waals surface area contributed by atoms with Crippen molar-refractivity contribution in [3.05, 3.63) is 47.5 Å². The van der Waals surface area contributed by atoms with Crippen LogP contribution in [0.4, 0.5) is 0 Å². The van der Waals surface area contributed by atoms with Crippen molar-refractivity contribution in [1.29, 1.82) is 0 Å². The van der Waals surface area contributed by atoms with Gasteiger partial charge in [0.1, 0.15) is 0 Å². The number of hydrogen-bond donors (Lipinski definition) is 1. The molecule has 25 heavy (non-hydrogen) atoms. The van der Waals surface area contributed by atoms with E-state index in [1.165, 1.54) is 34.7 Å². The van der Waals surface area contributed by atoms with Gasteiger partial charge in [0.25, 0.3) is 0 Å². The van der Waals surface area contributed by atoms with Gasteiger partial charge in [-0.05, 0) is 47.6 Å². The lowest BCUT2D eigenvalue weighted by atomic mass is 9.90. The first-order chi connectivity index (χ1) is 11.2. The van der Waals surface area contributed by atoms with Crippen LogP contribution in [0.25, 0.3) is 10.8 Å². The van der Waals surface area contributed by atoms with E-state index in [9.17, 15) is 0 Å². The number of halogens is 2. The molecule has 2 aromatic carbocycles. The van der Waals surface area contributed by atoms with E-state index in [-0.39, 0.29) is 24.8 Å². The summed E-state index contributed by atoms with van der Waals surface area (Å²) < 4.78 is 0. The molecule has 4 heteroatoms. The summed E-state index contributed by atoms with van der Waals surface area (Å²) in [5, 5.41) is 6.35. The third-order valence-electron chi connectivity index (χ3n) is 5.14. The van der Waals surface area contributed by atoms with Gasteiger partial charge in [0.2, 0.25) is 0 Å². The third-order valence-corrected chi connectivity index (χ3v) is 5.14. The van der Waals surface area contributed by atoms with Gasteiger partial charge in [-0.15, -0.1) is 24.8 Å². The number of nitrogens with one attached hydrogen (secondary N) is 1. The number of benzene rings is 2. The van der Waals surface area contributed by atoms with Gasteiger partial charge in [0, 0.05) is 32.2 Å². The predicted molar refractivity (Wildman–Crippen MR) is 114 cm³/mol. The van der Waals surface area contributed by atoms with E-state index in [4.69, 9.17) is 0 Å². The number of piperazine rings is 1. The maximum absolute atomic E-state index is 3.49. The van der Waals surface area contributed by atoms with Crippen molar-refractivity contribution in [2.45, 2.75) is 39.7 Å². The molecule has 2 aromatic rings. The third kappa shape index (κ3) is 5.34. The molecule has 0 aliphatic carbocycles. The Hall–Kier alpha value is -0.800. The number of aryl methyl sites for hydroxylation is 1. The first-order valence-electron chi connectivity index (χ1n) is 9.10. The molecule has 0 radical (unpaired) electrons. The molecular weight excluding hydrogens is 351 g/mol. The largest absolute Gasteiger partial charge is 0.314 e. The zero-order valence-corrected chi connectivity index (χ0v) is 17.3. The second kappa shape index (κ2) is 10.4. The fraction of sp³-hybridized carbons (Fsp3) is 0.524. The first-order valence-corrected chi connectivity index (χ1v) is 9.10. The van der Waals surface area contributed by atoms with Gasteiger partial charge in [-0.1, -0.05) is 50.2 Å². The van der Waals surface area contributed by atoms with Gasteiger partial charge in [-0.2, -0.15) is 0 Å². The summed E-state index contributed by atoms with van der Waals surface area (Å²) in [7, 11) is 0. The van der Waals surface area contributed by atoms with Crippen molar-refractivity contribution in [3.8, 4) is 0 Å². The molecule has 1 N–H and O–H groups in total. The minimum atomic E-state index is 0. The molecule has 3 rings (SSSR count). The van der Waals surface area contributed by atoms with Crippen molar-refractivity contribution in [1.82, 2.24) is 10.2 Å².